The van der Waals surface area contributed by atoms with E-state index in [1.807, 2.05) is 30.3 Å². The highest BCUT2D eigenvalue weighted by atomic mass is 32.2. The summed E-state index contributed by atoms with van der Waals surface area (Å²) in [4.78, 5) is 11.3. The molecular weight excluding hydrogens is 464 g/mol. The van der Waals surface area contributed by atoms with Crippen LogP contribution in [0.3, 0.4) is 0 Å². The third kappa shape index (κ3) is 7.14. The molecule has 0 aliphatic rings. The van der Waals surface area contributed by atoms with Gasteiger partial charge in [0.05, 0.1) is 11.2 Å². The van der Waals surface area contributed by atoms with Crippen LogP contribution in [0.4, 0.5) is 5.69 Å². The van der Waals surface area contributed by atoms with Gasteiger partial charge in [-0.1, -0.05) is 42.5 Å². The standard InChI is InChI=1S/C23H24N2O6S2/c1-18(26)24-21-10-14-23(15-11-21)33(29,30)25(16-19-6-4-3-5-7-19)17-20-8-12-22(13-9-20)31-32(2,27)28/h3-15H,16-17H2,1-2H3,(H,24,26). The van der Waals surface area contributed by atoms with Gasteiger partial charge < -0.3 is 9.50 Å². The zero-order chi connectivity index (χ0) is 24.1. The predicted octanol–water partition coefficient (Wildman–Crippen LogP) is 3.37. The lowest BCUT2D eigenvalue weighted by Gasteiger charge is -2.23. The Morgan fingerprint density at radius 2 is 1.36 bits per heavy atom. The minimum atomic E-state index is -3.89. The number of carbonyl (C=O) groups excluding carboxylic acids is 1. The van der Waals surface area contributed by atoms with Crippen molar-refractivity contribution >= 4 is 31.7 Å². The van der Waals surface area contributed by atoms with E-state index < -0.39 is 20.1 Å². The van der Waals surface area contributed by atoms with Gasteiger partial charge in [-0.05, 0) is 47.5 Å². The summed E-state index contributed by atoms with van der Waals surface area (Å²) in [6.07, 6.45) is 0.951. The summed E-state index contributed by atoms with van der Waals surface area (Å²) in [5, 5.41) is 2.61. The number of sulfonamides is 1. The first-order valence-electron chi connectivity index (χ1n) is 9.93. The van der Waals surface area contributed by atoms with Gasteiger partial charge in [0.25, 0.3) is 0 Å². The summed E-state index contributed by atoms with van der Waals surface area (Å²) in [7, 11) is -7.54. The van der Waals surface area contributed by atoms with Gasteiger partial charge in [-0.25, -0.2) is 8.42 Å². The van der Waals surface area contributed by atoms with Crippen LogP contribution in [0.25, 0.3) is 0 Å². The molecule has 0 saturated heterocycles. The lowest BCUT2D eigenvalue weighted by molar-refractivity contribution is -0.114. The number of anilines is 1. The molecule has 10 heteroatoms. The summed E-state index contributed by atoms with van der Waals surface area (Å²) in [6, 6.07) is 21.3. The molecule has 33 heavy (non-hydrogen) atoms. The molecule has 0 saturated carbocycles. The number of hydrogen-bond acceptors (Lipinski definition) is 6. The van der Waals surface area contributed by atoms with Crippen molar-refractivity contribution in [2.24, 2.45) is 0 Å². The molecule has 0 fully saturated rings. The molecule has 1 N–H and O–H groups in total. The molecule has 8 nitrogen and oxygen atoms in total. The zero-order valence-electron chi connectivity index (χ0n) is 18.1. The second-order valence-electron chi connectivity index (χ2n) is 7.40. The van der Waals surface area contributed by atoms with Gasteiger partial charge in [0.2, 0.25) is 15.9 Å². The van der Waals surface area contributed by atoms with E-state index in [-0.39, 0.29) is 29.6 Å². The van der Waals surface area contributed by atoms with Crippen molar-refractivity contribution in [1.82, 2.24) is 4.31 Å². The van der Waals surface area contributed by atoms with Crippen LogP contribution in [0.1, 0.15) is 18.1 Å². The molecule has 3 rings (SSSR count). The Kier molecular flexibility index (Phi) is 7.52. The third-order valence-corrected chi connectivity index (χ3v) is 6.85. The summed E-state index contributed by atoms with van der Waals surface area (Å²) >= 11 is 0. The number of nitrogens with zero attached hydrogens (tertiary/aromatic N) is 1. The number of amides is 1. The van der Waals surface area contributed by atoms with Crippen LogP contribution in [-0.2, 0) is 38.0 Å². The minimum absolute atomic E-state index is 0.0594. The van der Waals surface area contributed by atoms with Crippen LogP contribution in [-0.4, -0.2) is 33.3 Å². The van der Waals surface area contributed by atoms with Crippen molar-refractivity contribution < 1.29 is 25.8 Å². The molecule has 3 aromatic carbocycles. The summed E-state index contributed by atoms with van der Waals surface area (Å²) in [6.45, 7) is 1.57. The van der Waals surface area contributed by atoms with E-state index in [0.717, 1.165) is 11.8 Å². The zero-order valence-corrected chi connectivity index (χ0v) is 19.8. The molecule has 0 aliphatic carbocycles. The molecule has 0 spiro atoms. The number of benzene rings is 3. The first-order chi connectivity index (χ1) is 15.5. The highest BCUT2D eigenvalue weighted by Crippen LogP contribution is 2.24. The number of hydrogen-bond donors (Lipinski definition) is 1. The molecule has 0 radical (unpaired) electrons. The summed E-state index contributed by atoms with van der Waals surface area (Å²) < 4.78 is 55.7. The first-order valence-corrected chi connectivity index (χ1v) is 13.2. The fraction of sp³-hybridized carbons (Fsp3) is 0.174. The van der Waals surface area contributed by atoms with Crippen molar-refractivity contribution in [3.63, 3.8) is 0 Å². The van der Waals surface area contributed by atoms with E-state index in [4.69, 9.17) is 4.18 Å². The van der Waals surface area contributed by atoms with E-state index in [2.05, 4.69) is 5.32 Å². The Bertz CT molecular complexity index is 1310. The monoisotopic (exact) mass is 488 g/mol. The van der Waals surface area contributed by atoms with Gasteiger partial charge in [0.1, 0.15) is 5.75 Å². The highest BCUT2D eigenvalue weighted by molar-refractivity contribution is 7.89. The van der Waals surface area contributed by atoms with E-state index in [1.165, 1.54) is 47.6 Å². The molecule has 0 atom stereocenters. The molecule has 174 valence electrons. The van der Waals surface area contributed by atoms with Gasteiger partial charge >= 0.3 is 10.1 Å². The Labute approximate surface area is 194 Å². The second-order valence-corrected chi connectivity index (χ2v) is 10.9. The lowest BCUT2D eigenvalue weighted by Crippen LogP contribution is -2.30. The fourth-order valence-electron chi connectivity index (χ4n) is 3.10. The SMILES string of the molecule is CC(=O)Nc1ccc(S(=O)(=O)N(Cc2ccccc2)Cc2ccc(OS(C)(=O)=O)cc2)cc1. The second kappa shape index (κ2) is 10.2. The smallest absolute Gasteiger partial charge is 0.306 e. The molecule has 0 unspecified atom stereocenters. The third-order valence-electron chi connectivity index (χ3n) is 4.54. The van der Waals surface area contributed by atoms with Gasteiger partial charge in [-0.2, -0.15) is 12.7 Å². The summed E-state index contributed by atoms with van der Waals surface area (Å²) in [5.74, 6) is -0.105. The number of carbonyl (C=O) groups is 1. The van der Waals surface area contributed by atoms with Crippen molar-refractivity contribution in [2.75, 3.05) is 11.6 Å². The van der Waals surface area contributed by atoms with E-state index >= 15 is 0 Å². The van der Waals surface area contributed by atoms with E-state index in [0.29, 0.717) is 11.3 Å². The van der Waals surface area contributed by atoms with Crippen LogP contribution in [0, 0.1) is 0 Å². The maximum Gasteiger partial charge on any atom is 0.306 e. The van der Waals surface area contributed by atoms with Crippen LogP contribution >= 0.6 is 0 Å². The molecule has 0 bridgehead atoms. The molecular formula is C23H24N2O6S2. The maximum absolute atomic E-state index is 13.5. The topological polar surface area (TPSA) is 110 Å². The first kappa shape index (κ1) is 24.4. The average molecular weight is 489 g/mol. The average Bonchev–Trinajstić information content (AvgIpc) is 2.74. The summed E-state index contributed by atoms with van der Waals surface area (Å²) in [5.41, 5.74) is 1.97. The Morgan fingerprint density at radius 3 is 1.88 bits per heavy atom. The van der Waals surface area contributed by atoms with Crippen LogP contribution in [0.5, 0.6) is 5.75 Å². The van der Waals surface area contributed by atoms with Gasteiger partial charge in [0, 0.05) is 25.7 Å². The van der Waals surface area contributed by atoms with Crippen LogP contribution in [0.2, 0.25) is 0 Å². The van der Waals surface area contributed by atoms with E-state index in [1.54, 1.807) is 12.1 Å². The lowest BCUT2D eigenvalue weighted by atomic mass is 10.2. The molecule has 0 aliphatic heterocycles. The van der Waals surface area contributed by atoms with Crippen LogP contribution in [0.15, 0.2) is 83.8 Å². The highest BCUT2D eigenvalue weighted by Gasteiger charge is 2.25. The van der Waals surface area contributed by atoms with Crippen molar-refractivity contribution in [3.8, 4) is 5.75 Å². The normalized spacial score (nSPS) is 11.8. The molecule has 0 heterocycles. The number of nitrogens with one attached hydrogen (secondary N) is 1. The van der Waals surface area contributed by atoms with Crippen LogP contribution < -0.4 is 9.50 Å². The Morgan fingerprint density at radius 1 is 0.818 bits per heavy atom. The van der Waals surface area contributed by atoms with Crippen molar-refractivity contribution in [2.45, 2.75) is 24.9 Å². The fourth-order valence-corrected chi connectivity index (χ4v) is 4.98. The molecule has 1 amide bonds. The number of rotatable bonds is 9. The van der Waals surface area contributed by atoms with E-state index in [9.17, 15) is 21.6 Å². The predicted molar refractivity (Wildman–Crippen MR) is 126 cm³/mol. The minimum Gasteiger partial charge on any atom is -0.383 e. The molecule has 0 aromatic heterocycles. The largest absolute Gasteiger partial charge is 0.383 e. The Hall–Kier alpha value is -3.21. The quantitative estimate of drug-likeness (QED) is 0.463. The van der Waals surface area contributed by atoms with Crippen molar-refractivity contribution in [3.05, 3.63) is 90.0 Å². The Balaban J connectivity index is 1.89. The van der Waals surface area contributed by atoms with Gasteiger partial charge in [-0.3, -0.25) is 4.79 Å². The van der Waals surface area contributed by atoms with Crippen molar-refractivity contribution in [1.29, 1.82) is 0 Å². The van der Waals surface area contributed by atoms with Gasteiger partial charge in [-0.15, -0.1) is 0 Å². The maximum atomic E-state index is 13.5. The van der Waals surface area contributed by atoms with Gasteiger partial charge in [0.15, 0.2) is 0 Å². The molecule has 3 aromatic rings.